The second kappa shape index (κ2) is 9.94. The molecular weight excluding hydrogens is 434 g/mol. The second-order valence-corrected chi connectivity index (χ2v) is 7.92. The standard InChI is InChI=1S/C19H22BrNO5S/c1-4-8-25-15-7-6-14(20)9-13(15)10-16-18(23)21(19(24)27-16)11-17(22)26-12(3)5-2/h6-7,9-10,12H,4-5,8,11H2,1-3H3/b16-10+/t12-/m1/s1. The largest absolute Gasteiger partial charge is 0.493 e. The molecule has 0 saturated carbocycles. The lowest BCUT2D eigenvalue weighted by Gasteiger charge is -2.15. The van der Waals surface area contributed by atoms with E-state index >= 15 is 0 Å². The van der Waals surface area contributed by atoms with Gasteiger partial charge in [0.05, 0.1) is 17.6 Å². The molecule has 1 aromatic rings. The molecule has 1 aliphatic heterocycles. The summed E-state index contributed by atoms with van der Waals surface area (Å²) in [5.41, 5.74) is 0.686. The van der Waals surface area contributed by atoms with Gasteiger partial charge in [-0.25, -0.2) is 0 Å². The van der Waals surface area contributed by atoms with Crippen molar-refractivity contribution in [2.45, 2.75) is 39.7 Å². The van der Waals surface area contributed by atoms with Crippen LogP contribution in [-0.4, -0.2) is 41.3 Å². The van der Waals surface area contributed by atoms with E-state index in [4.69, 9.17) is 9.47 Å². The first kappa shape index (κ1) is 21.5. The Labute approximate surface area is 171 Å². The van der Waals surface area contributed by atoms with Crippen LogP contribution in [-0.2, 0) is 14.3 Å². The van der Waals surface area contributed by atoms with Gasteiger partial charge >= 0.3 is 5.97 Å². The highest BCUT2D eigenvalue weighted by Crippen LogP contribution is 2.34. The van der Waals surface area contributed by atoms with Crippen molar-refractivity contribution < 1.29 is 23.9 Å². The van der Waals surface area contributed by atoms with E-state index in [1.54, 1.807) is 19.1 Å². The Morgan fingerprint density at radius 3 is 2.74 bits per heavy atom. The molecule has 0 unspecified atom stereocenters. The molecule has 1 fully saturated rings. The summed E-state index contributed by atoms with van der Waals surface area (Å²) in [7, 11) is 0. The van der Waals surface area contributed by atoms with Crippen molar-refractivity contribution >= 4 is 50.9 Å². The third kappa shape index (κ3) is 5.84. The molecule has 1 aromatic carbocycles. The number of rotatable bonds is 8. The van der Waals surface area contributed by atoms with Crippen LogP contribution in [0.4, 0.5) is 4.79 Å². The number of hydrogen-bond acceptors (Lipinski definition) is 6. The van der Waals surface area contributed by atoms with Gasteiger partial charge in [0.2, 0.25) is 0 Å². The van der Waals surface area contributed by atoms with Crippen LogP contribution in [0.25, 0.3) is 6.08 Å². The SMILES string of the molecule is CCCOc1ccc(Br)cc1/C=C1/SC(=O)N(CC(=O)O[C@H](C)CC)C1=O. The quantitative estimate of drug-likeness (QED) is 0.420. The number of carbonyl (C=O) groups excluding carboxylic acids is 3. The van der Waals surface area contributed by atoms with Crippen molar-refractivity contribution in [1.82, 2.24) is 4.90 Å². The molecule has 0 bridgehead atoms. The van der Waals surface area contributed by atoms with Crippen LogP contribution in [0.1, 0.15) is 39.2 Å². The van der Waals surface area contributed by atoms with Crippen molar-refractivity contribution in [3.63, 3.8) is 0 Å². The van der Waals surface area contributed by atoms with E-state index in [2.05, 4.69) is 15.9 Å². The Hall–Kier alpha value is -1.80. The summed E-state index contributed by atoms with van der Waals surface area (Å²) in [4.78, 5) is 37.8. The predicted octanol–water partition coefficient (Wildman–Crippen LogP) is 4.62. The molecule has 1 heterocycles. The van der Waals surface area contributed by atoms with Gasteiger partial charge in [-0.3, -0.25) is 19.3 Å². The van der Waals surface area contributed by atoms with Crippen LogP contribution >= 0.6 is 27.7 Å². The van der Waals surface area contributed by atoms with E-state index in [1.165, 1.54) is 0 Å². The molecule has 1 saturated heterocycles. The Morgan fingerprint density at radius 1 is 1.33 bits per heavy atom. The van der Waals surface area contributed by atoms with Gasteiger partial charge in [-0.2, -0.15) is 0 Å². The van der Waals surface area contributed by atoms with E-state index in [0.717, 1.165) is 27.6 Å². The van der Waals surface area contributed by atoms with E-state index in [1.807, 2.05) is 26.0 Å². The molecule has 0 radical (unpaired) electrons. The number of benzene rings is 1. The Bertz CT molecular complexity index is 764. The molecular formula is C19H22BrNO5S. The summed E-state index contributed by atoms with van der Waals surface area (Å²) < 4.78 is 11.7. The van der Waals surface area contributed by atoms with Crippen LogP contribution in [0.2, 0.25) is 0 Å². The maximum atomic E-state index is 12.6. The first-order chi connectivity index (χ1) is 12.8. The molecule has 2 amide bonds. The Morgan fingerprint density at radius 2 is 2.07 bits per heavy atom. The zero-order valence-electron chi connectivity index (χ0n) is 15.5. The van der Waals surface area contributed by atoms with Crippen molar-refractivity contribution in [2.75, 3.05) is 13.2 Å². The van der Waals surface area contributed by atoms with Crippen LogP contribution in [0, 0.1) is 0 Å². The molecule has 1 atom stereocenters. The van der Waals surface area contributed by atoms with Crippen molar-refractivity contribution in [3.8, 4) is 5.75 Å². The summed E-state index contributed by atoms with van der Waals surface area (Å²) in [5, 5.41) is -0.488. The number of amides is 2. The lowest BCUT2D eigenvalue weighted by Crippen LogP contribution is -2.35. The zero-order chi connectivity index (χ0) is 20.0. The third-order valence-electron chi connectivity index (χ3n) is 3.79. The molecule has 1 aliphatic rings. The van der Waals surface area contributed by atoms with Crippen LogP contribution in [0.3, 0.4) is 0 Å². The van der Waals surface area contributed by atoms with Crippen LogP contribution < -0.4 is 4.74 Å². The average molecular weight is 456 g/mol. The first-order valence-corrected chi connectivity index (χ1v) is 10.3. The number of imide groups is 1. The number of thioether (sulfide) groups is 1. The number of esters is 1. The number of carbonyl (C=O) groups is 3. The summed E-state index contributed by atoms with van der Waals surface area (Å²) in [5.74, 6) is -0.474. The summed E-state index contributed by atoms with van der Waals surface area (Å²) in [6.07, 6.45) is 2.87. The maximum Gasteiger partial charge on any atom is 0.326 e. The maximum absolute atomic E-state index is 12.6. The highest BCUT2D eigenvalue weighted by molar-refractivity contribution is 9.10. The van der Waals surface area contributed by atoms with Crippen molar-refractivity contribution in [1.29, 1.82) is 0 Å². The lowest BCUT2D eigenvalue weighted by atomic mass is 10.2. The van der Waals surface area contributed by atoms with Gasteiger partial charge in [0, 0.05) is 10.0 Å². The number of halogens is 1. The van der Waals surface area contributed by atoms with E-state index in [9.17, 15) is 14.4 Å². The number of ether oxygens (including phenoxy) is 2. The average Bonchev–Trinajstić information content (AvgIpc) is 2.88. The van der Waals surface area contributed by atoms with Gasteiger partial charge in [0.15, 0.2) is 0 Å². The Balaban J connectivity index is 2.18. The van der Waals surface area contributed by atoms with Gasteiger partial charge in [0.1, 0.15) is 12.3 Å². The molecule has 0 aliphatic carbocycles. The number of hydrogen-bond donors (Lipinski definition) is 0. The van der Waals surface area contributed by atoms with E-state index in [0.29, 0.717) is 24.3 Å². The highest BCUT2D eigenvalue weighted by atomic mass is 79.9. The fraction of sp³-hybridized carbons (Fsp3) is 0.421. The van der Waals surface area contributed by atoms with E-state index < -0.39 is 17.1 Å². The van der Waals surface area contributed by atoms with Gasteiger partial charge in [-0.15, -0.1) is 0 Å². The second-order valence-electron chi connectivity index (χ2n) is 6.01. The lowest BCUT2D eigenvalue weighted by molar-refractivity contribution is -0.150. The zero-order valence-corrected chi connectivity index (χ0v) is 17.9. The molecule has 8 heteroatoms. The summed E-state index contributed by atoms with van der Waals surface area (Å²) in [6.45, 7) is 5.81. The highest BCUT2D eigenvalue weighted by Gasteiger charge is 2.37. The summed E-state index contributed by atoms with van der Waals surface area (Å²) >= 11 is 4.20. The van der Waals surface area contributed by atoms with E-state index in [-0.39, 0.29) is 17.6 Å². The molecule has 6 nitrogen and oxygen atoms in total. The molecule has 2 rings (SSSR count). The van der Waals surface area contributed by atoms with Gasteiger partial charge in [0.25, 0.3) is 11.1 Å². The van der Waals surface area contributed by atoms with Crippen LogP contribution in [0.5, 0.6) is 5.75 Å². The van der Waals surface area contributed by atoms with Crippen LogP contribution in [0.15, 0.2) is 27.6 Å². The minimum Gasteiger partial charge on any atom is -0.493 e. The minimum absolute atomic E-state index is 0.246. The van der Waals surface area contributed by atoms with Gasteiger partial charge in [-0.05, 0) is 55.8 Å². The number of nitrogens with zero attached hydrogens (tertiary/aromatic N) is 1. The normalized spacial score (nSPS) is 16.7. The fourth-order valence-electron chi connectivity index (χ4n) is 2.23. The minimum atomic E-state index is -0.595. The van der Waals surface area contributed by atoms with Crippen molar-refractivity contribution in [3.05, 3.63) is 33.1 Å². The fourth-order valence-corrected chi connectivity index (χ4v) is 3.44. The summed E-state index contributed by atoms with van der Waals surface area (Å²) in [6, 6.07) is 5.47. The molecule has 0 spiro atoms. The molecule has 0 aromatic heterocycles. The predicted molar refractivity (Wildman–Crippen MR) is 108 cm³/mol. The Kier molecular flexibility index (Phi) is 7.91. The molecule has 27 heavy (non-hydrogen) atoms. The smallest absolute Gasteiger partial charge is 0.326 e. The topological polar surface area (TPSA) is 72.9 Å². The first-order valence-electron chi connectivity index (χ1n) is 8.72. The molecule has 146 valence electrons. The van der Waals surface area contributed by atoms with Gasteiger partial charge < -0.3 is 9.47 Å². The molecule has 0 N–H and O–H groups in total. The van der Waals surface area contributed by atoms with Gasteiger partial charge in [-0.1, -0.05) is 29.8 Å². The monoisotopic (exact) mass is 455 g/mol. The third-order valence-corrected chi connectivity index (χ3v) is 5.19. The van der Waals surface area contributed by atoms with Crippen molar-refractivity contribution in [2.24, 2.45) is 0 Å².